The molecule has 1 saturated heterocycles. The predicted octanol–water partition coefficient (Wildman–Crippen LogP) is 5.07. The van der Waals surface area contributed by atoms with Crippen LogP contribution in [0.15, 0.2) is 30.6 Å². The summed E-state index contributed by atoms with van der Waals surface area (Å²) in [5, 5.41) is 8.80. The lowest BCUT2D eigenvalue weighted by Gasteiger charge is -2.20. The lowest BCUT2D eigenvalue weighted by atomic mass is 10.1. The van der Waals surface area contributed by atoms with Crippen LogP contribution in [-0.2, 0) is 4.79 Å². The number of benzene rings is 1. The molecule has 214 valence electrons. The standard InChI is InChI=1S/C26H30ClF2N7O3S/c1-4-20(37)35-26-34-15(3)22(40-26)25(38)33-14(2)16-5-7-17(8-6-16)39-18-9-10-36(12-18)24-21(27)23(31-13-32-24)30-11-19(28)29/h5-8,13-14,18-19H,4,9-12H2,1-3H3,(H,33,38)(H,30,31,32)(H,34,35,37)/t14-,18+/m0/s1. The van der Waals surface area contributed by atoms with E-state index in [-0.39, 0.29) is 34.8 Å². The van der Waals surface area contributed by atoms with Crippen LogP contribution in [-0.4, -0.2) is 58.9 Å². The third-order valence-electron chi connectivity index (χ3n) is 6.24. The summed E-state index contributed by atoms with van der Waals surface area (Å²) in [5.74, 6) is 0.894. The minimum atomic E-state index is -2.53. The zero-order chi connectivity index (χ0) is 28.8. The Bertz CT molecular complexity index is 1340. The highest BCUT2D eigenvalue weighted by molar-refractivity contribution is 7.17. The van der Waals surface area contributed by atoms with E-state index < -0.39 is 13.0 Å². The van der Waals surface area contributed by atoms with Crippen molar-refractivity contribution in [1.82, 2.24) is 20.3 Å². The second kappa shape index (κ2) is 13.2. The number of ether oxygens (including phenoxy) is 1. The number of thiazole rings is 1. The summed E-state index contributed by atoms with van der Waals surface area (Å²) in [7, 11) is 0. The van der Waals surface area contributed by atoms with Gasteiger partial charge in [-0.25, -0.2) is 23.7 Å². The molecule has 1 aliphatic rings. The van der Waals surface area contributed by atoms with E-state index >= 15 is 0 Å². The third-order valence-corrected chi connectivity index (χ3v) is 7.66. The molecule has 0 spiro atoms. The number of hydrogen-bond acceptors (Lipinski definition) is 9. The second-order valence-electron chi connectivity index (χ2n) is 9.21. The lowest BCUT2D eigenvalue weighted by Crippen LogP contribution is -2.26. The zero-order valence-corrected chi connectivity index (χ0v) is 23.8. The van der Waals surface area contributed by atoms with Gasteiger partial charge in [-0.15, -0.1) is 0 Å². The van der Waals surface area contributed by atoms with Crippen molar-refractivity contribution in [2.24, 2.45) is 0 Å². The molecular formula is C26H30ClF2N7O3S. The van der Waals surface area contributed by atoms with Gasteiger partial charge in [-0.05, 0) is 31.5 Å². The van der Waals surface area contributed by atoms with Gasteiger partial charge in [0.25, 0.3) is 12.3 Å². The molecule has 0 bridgehead atoms. The molecule has 1 fully saturated rings. The van der Waals surface area contributed by atoms with Crippen molar-refractivity contribution >= 4 is 51.5 Å². The van der Waals surface area contributed by atoms with E-state index in [1.807, 2.05) is 36.1 Å². The fourth-order valence-electron chi connectivity index (χ4n) is 4.14. The summed E-state index contributed by atoms with van der Waals surface area (Å²) in [4.78, 5) is 39.3. The van der Waals surface area contributed by atoms with Crippen LogP contribution in [0.1, 0.15) is 53.7 Å². The maximum absolute atomic E-state index is 12.8. The highest BCUT2D eigenvalue weighted by Gasteiger charge is 2.28. The summed E-state index contributed by atoms with van der Waals surface area (Å²) in [6, 6.07) is 7.21. The Hall–Kier alpha value is -3.58. The fourth-order valence-corrected chi connectivity index (χ4v) is 5.31. The molecule has 1 aliphatic heterocycles. The summed E-state index contributed by atoms with van der Waals surface area (Å²) in [6.45, 7) is 5.97. The molecule has 2 atom stereocenters. The van der Waals surface area contributed by atoms with Crippen LogP contribution < -0.4 is 25.6 Å². The molecule has 0 aliphatic carbocycles. The Kier molecular flexibility index (Phi) is 9.69. The molecule has 0 saturated carbocycles. The number of alkyl halides is 2. The maximum atomic E-state index is 12.8. The van der Waals surface area contributed by atoms with Crippen molar-refractivity contribution in [2.75, 3.05) is 35.2 Å². The van der Waals surface area contributed by atoms with Crippen molar-refractivity contribution in [3.8, 4) is 5.75 Å². The number of aromatic nitrogens is 3. The van der Waals surface area contributed by atoms with E-state index in [1.54, 1.807) is 13.8 Å². The van der Waals surface area contributed by atoms with Gasteiger partial charge in [-0.2, -0.15) is 0 Å². The second-order valence-corrected chi connectivity index (χ2v) is 10.6. The minimum absolute atomic E-state index is 0.122. The SMILES string of the molecule is CCC(=O)Nc1nc(C)c(C(=O)N[C@@H](C)c2ccc(O[C@@H]3CCN(c4ncnc(NCC(F)F)c4Cl)C3)cc2)s1. The average Bonchev–Trinajstić information content (AvgIpc) is 3.54. The number of aryl methyl sites for hydroxylation is 1. The Morgan fingerprint density at radius 3 is 2.70 bits per heavy atom. The normalized spacial score (nSPS) is 15.7. The van der Waals surface area contributed by atoms with Crippen molar-refractivity contribution in [1.29, 1.82) is 0 Å². The van der Waals surface area contributed by atoms with Gasteiger partial charge in [0, 0.05) is 19.4 Å². The smallest absolute Gasteiger partial charge is 0.263 e. The Morgan fingerprint density at radius 1 is 1.25 bits per heavy atom. The van der Waals surface area contributed by atoms with Gasteiger partial charge in [-0.3, -0.25) is 9.59 Å². The Morgan fingerprint density at radius 2 is 2.00 bits per heavy atom. The van der Waals surface area contributed by atoms with Gasteiger partial charge in [0.05, 0.1) is 24.8 Å². The van der Waals surface area contributed by atoms with Gasteiger partial charge in [-0.1, -0.05) is 42.0 Å². The molecule has 3 N–H and O–H groups in total. The summed E-state index contributed by atoms with van der Waals surface area (Å²) in [6.07, 6.45) is -0.300. The minimum Gasteiger partial charge on any atom is -0.489 e. The highest BCUT2D eigenvalue weighted by Crippen LogP contribution is 2.32. The fraction of sp³-hybridized carbons (Fsp3) is 0.423. The van der Waals surface area contributed by atoms with E-state index in [1.165, 1.54) is 6.33 Å². The third kappa shape index (κ3) is 7.33. The number of hydrogen-bond donors (Lipinski definition) is 3. The number of carbonyl (C=O) groups excluding carboxylic acids is 2. The Balaban J connectivity index is 1.31. The number of amides is 2. The molecule has 3 heterocycles. The summed E-state index contributed by atoms with van der Waals surface area (Å²) in [5.41, 5.74) is 1.45. The topological polar surface area (TPSA) is 121 Å². The first kappa shape index (κ1) is 29.4. The molecule has 0 radical (unpaired) electrons. The molecule has 4 rings (SSSR count). The molecule has 2 aromatic heterocycles. The summed E-state index contributed by atoms with van der Waals surface area (Å²) >= 11 is 7.52. The molecule has 1 aromatic carbocycles. The van der Waals surface area contributed by atoms with Gasteiger partial charge in [0.1, 0.15) is 28.1 Å². The first-order valence-electron chi connectivity index (χ1n) is 12.8. The van der Waals surface area contributed by atoms with Crippen molar-refractivity contribution in [2.45, 2.75) is 52.2 Å². The first-order valence-corrected chi connectivity index (χ1v) is 14.0. The van der Waals surface area contributed by atoms with Crippen LogP contribution in [0.2, 0.25) is 5.02 Å². The number of carbonyl (C=O) groups is 2. The van der Waals surface area contributed by atoms with Crippen LogP contribution in [0.5, 0.6) is 5.75 Å². The molecule has 3 aromatic rings. The maximum Gasteiger partial charge on any atom is 0.263 e. The van der Waals surface area contributed by atoms with Crippen molar-refractivity contribution < 1.29 is 23.1 Å². The molecule has 14 heteroatoms. The van der Waals surface area contributed by atoms with Gasteiger partial charge in [0.15, 0.2) is 16.8 Å². The van der Waals surface area contributed by atoms with E-state index in [9.17, 15) is 18.4 Å². The van der Waals surface area contributed by atoms with E-state index in [0.717, 1.165) is 23.3 Å². The number of anilines is 3. The van der Waals surface area contributed by atoms with Crippen LogP contribution >= 0.6 is 22.9 Å². The van der Waals surface area contributed by atoms with E-state index in [0.29, 0.717) is 46.8 Å². The van der Waals surface area contributed by atoms with Gasteiger partial charge < -0.3 is 25.6 Å². The average molecular weight is 594 g/mol. The highest BCUT2D eigenvalue weighted by atomic mass is 35.5. The van der Waals surface area contributed by atoms with Crippen LogP contribution in [0.25, 0.3) is 0 Å². The van der Waals surface area contributed by atoms with Crippen LogP contribution in [0.4, 0.5) is 25.5 Å². The van der Waals surface area contributed by atoms with Gasteiger partial charge >= 0.3 is 0 Å². The zero-order valence-electron chi connectivity index (χ0n) is 22.2. The number of nitrogens with zero attached hydrogens (tertiary/aromatic N) is 4. The monoisotopic (exact) mass is 593 g/mol. The largest absolute Gasteiger partial charge is 0.489 e. The van der Waals surface area contributed by atoms with Crippen LogP contribution in [0.3, 0.4) is 0 Å². The summed E-state index contributed by atoms with van der Waals surface area (Å²) < 4.78 is 31.3. The van der Waals surface area contributed by atoms with E-state index in [2.05, 4.69) is 30.9 Å². The van der Waals surface area contributed by atoms with Crippen LogP contribution in [0, 0.1) is 6.92 Å². The molecular weight excluding hydrogens is 564 g/mol. The number of nitrogens with one attached hydrogen (secondary N) is 3. The molecule has 0 unspecified atom stereocenters. The molecule has 40 heavy (non-hydrogen) atoms. The van der Waals surface area contributed by atoms with Crippen molar-refractivity contribution in [3.63, 3.8) is 0 Å². The lowest BCUT2D eigenvalue weighted by molar-refractivity contribution is -0.115. The molecule has 2 amide bonds. The Labute approximate surface area is 239 Å². The number of rotatable bonds is 11. The first-order chi connectivity index (χ1) is 19.1. The van der Waals surface area contributed by atoms with E-state index in [4.69, 9.17) is 16.3 Å². The van der Waals surface area contributed by atoms with Crippen molar-refractivity contribution in [3.05, 3.63) is 51.7 Å². The van der Waals surface area contributed by atoms with Gasteiger partial charge in [0.2, 0.25) is 5.91 Å². The molecule has 10 nitrogen and oxygen atoms in total. The predicted molar refractivity (Wildman–Crippen MR) is 151 cm³/mol. The quantitative estimate of drug-likeness (QED) is 0.282. The number of halogens is 3.